The summed E-state index contributed by atoms with van der Waals surface area (Å²) in [4.78, 5) is 19.7. The van der Waals surface area contributed by atoms with E-state index in [1.54, 1.807) is 6.20 Å². The van der Waals surface area contributed by atoms with Crippen LogP contribution in [0.25, 0.3) is 0 Å². The zero-order valence-corrected chi connectivity index (χ0v) is 14.1. The maximum absolute atomic E-state index is 12.6. The third-order valence-electron chi connectivity index (χ3n) is 4.21. The maximum atomic E-state index is 12.6. The van der Waals surface area contributed by atoms with Crippen molar-refractivity contribution >= 4 is 17.2 Å². The molecular formula is C16H26N2OS. The molecule has 4 heteroatoms. The molecule has 1 aliphatic rings. The van der Waals surface area contributed by atoms with Crippen LogP contribution in [0.15, 0.2) is 6.20 Å². The van der Waals surface area contributed by atoms with E-state index in [0.29, 0.717) is 6.04 Å². The average Bonchev–Trinajstić information content (AvgIpc) is 2.87. The minimum absolute atomic E-state index is 0.0159. The van der Waals surface area contributed by atoms with E-state index in [9.17, 15) is 4.79 Å². The molecule has 1 heterocycles. The van der Waals surface area contributed by atoms with Crippen LogP contribution in [-0.2, 0) is 5.41 Å². The van der Waals surface area contributed by atoms with Crippen LogP contribution in [0.3, 0.4) is 0 Å². The predicted molar refractivity (Wildman–Crippen MR) is 84.3 cm³/mol. The van der Waals surface area contributed by atoms with Crippen LogP contribution in [-0.4, -0.2) is 28.9 Å². The normalized spacial score (nSPS) is 23.6. The zero-order valence-electron chi connectivity index (χ0n) is 13.3. The first-order valence-corrected chi connectivity index (χ1v) is 8.34. The molecular weight excluding hydrogens is 268 g/mol. The molecule has 0 bridgehead atoms. The van der Waals surface area contributed by atoms with E-state index in [-0.39, 0.29) is 11.3 Å². The minimum Gasteiger partial charge on any atom is -0.338 e. The Morgan fingerprint density at radius 1 is 1.30 bits per heavy atom. The summed E-state index contributed by atoms with van der Waals surface area (Å²) in [6.07, 6.45) is 6.48. The number of carbonyl (C=O) groups is 1. The van der Waals surface area contributed by atoms with Crippen molar-refractivity contribution in [1.29, 1.82) is 0 Å². The fourth-order valence-electron chi connectivity index (χ4n) is 2.69. The Morgan fingerprint density at radius 2 is 1.90 bits per heavy atom. The van der Waals surface area contributed by atoms with Crippen LogP contribution < -0.4 is 0 Å². The Bertz CT molecular complexity index is 467. The van der Waals surface area contributed by atoms with Crippen molar-refractivity contribution in [3.05, 3.63) is 16.1 Å². The van der Waals surface area contributed by atoms with E-state index in [4.69, 9.17) is 0 Å². The molecule has 20 heavy (non-hydrogen) atoms. The lowest BCUT2D eigenvalue weighted by atomic mass is 9.87. The molecule has 0 N–H and O–H groups in total. The second-order valence-electron chi connectivity index (χ2n) is 7.11. The topological polar surface area (TPSA) is 33.2 Å². The molecule has 0 saturated heterocycles. The summed E-state index contributed by atoms with van der Waals surface area (Å²) in [7, 11) is 1.94. The lowest BCUT2D eigenvalue weighted by molar-refractivity contribution is 0.0684. The van der Waals surface area contributed by atoms with Crippen LogP contribution >= 0.6 is 11.3 Å². The van der Waals surface area contributed by atoms with Crippen molar-refractivity contribution in [3.8, 4) is 0 Å². The molecule has 0 aliphatic heterocycles. The number of hydrogen-bond donors (Lipinski definition) is 0. The smallest absolute Gasteiger partial charge is 0.265 e. The van der Waals surface area contributed by atoms with Crippen LogP contribution in [0, 0.1) is 5.92 Å². The number of aromatic nitrogens is 1. The van der Waals surface area contributed by atoms with Gasteiger partial charge in [-0.05, 0) is 31.6 Å². The van der Waals surface area contributed by atoms with Crippen LogP contribution in [0.2, 0.25) is 0 Å². The zero-order chi connectivity index (χ0) is 14.9. The fraction of sp³-hybridized carbons (Fsp3) is 0.750. The van der Waals surface area contributed by atoms with Gasteiger partial charge >= 0.3 is 0 Å². The monoisotopic (exact) mass is 294 g/mol. The van der Waals surface area contributed by atoms with Crippen molar-refractivity contribution in [3.63, 3.8) is 0 Å². The van der Waals surface area contributed by atoms with Crippen molar-refractivity contribution in [2.75, 3.05) is 7.05 Å². The van der Waals surface area contributed by atoms with Gasteiger partial charge in [-0.15, -0.1) is 11.3 Å². The highest BCUT2D eigenvalue weighted by atomic mass is 32.1. The molecule has 0 spiro atoms. The average molecular weight is 294 g/mol. The lowest BCUT2D eigenvalue weighted by Gasteiger charge is -2.33. The molecule has 0 aromatic carbocycles. The van der Waals surface area contributed by atoms with Gasteiger partial charge in [-0.3, -0.25) is 4.79 Å². The molecule has 1 fully saturated rings. The standard InChI is InChI=1S/C16H26N2OS/c1-11-6-8-12(9-7-11)18(5)14(19)13-10-17-15(20-13)16(2,3)4/h10-12H,6-9H2,1-5H3. The summed E-state index contributed by atoms with van der Waals surface area (Å²) >= 11 is 1.54. The highest BCUT2D eigenvalue weighted by Crippen LogP contribution is 2.30. The molecule has 112 valence electrons. The second-order valence-corrected chi connectivity index (χ2v) is 8.14. The number of thiazole rings is 1. The quantitative estimate of drug-likeness (QED) is 0.823. The number of carbonyl (C=O) groups excluding carboxylic acids is 1. The first-order valence-electron chi connectivity index (χ1n) is 7.52. The van der Waals surface area contributed by atoms with Gasteiger partial charge in [0.25, 0.3) is 5.91 Å². The molecule has 0 atom stereocenters. The molecule has 1 amide bonds. The van der Waals surface area contributed by atoms with Gasteiger partial charge in [0, 0.05) is 18.5 Å². The van der Waals surface area contributed by atoms with Gasteiger partial charge in [0.1, 0.15) is 4.88 Å². The van der Waals surface area contributed by atoms with E-state index >= 15 is 0 Å². The Balaban J connectivity index is 2.05. The fourth-order valence-corrected chi connectivity index (χ4v) is 3.65. The molecule has 1 saturated carbocycles. The predicted octanol–water partition coefficient (Wildman–Crippen LogP) is 4.09. The van der Waals surface area contributed by atoms with Gasteiger partial charge < -0.3 is 4.90 Å². The van der Waals surface area contributed by atoms with E-state index < -0.39 is 0 Å². The van der Waals surface area contributed by atoms with E-state index in [1.165, 1.54) is 24.2 Å². The summed E-state index contributed by atoms with van der Waals surface area (Å²) in [5.41, 5.74) is 0.0159. The largest absolute Gasteiger partial charge is 0.338 e. The van der Waals surface area contributed by atoms with Crippen LogP contribution in [0.1, 0.15) is 68.1 Å². The molecule has 2 rings (SSSR count). The third kappa shape index (κ3) is 3.40. The summed E-state index contributed by atoms with van der Waals surface area (Å²) in [5, 5.41) is 1.03. The molecule has 3 nitrogen and oxygen atoms in total. The van der Waals surface area contributed by atoms with Crippen molar-refractivity contribution in [2.45, 2.75) is 64.8 Å². The second kappa shape index (κ2) is 5.84. The van der Waals surface area contributed by atoms with E-state index in [2.05, 4.69) is 32.7 Å². The minimum atomic E-state index is 0.0159. The van der Waals surface area contributed by atoms with E-state index in [1.807, 2.05) is 11.9 Å². The van der Waals surface area contributed by atoms with E-state index in [0.717, 1.165) is 28.6 Å². The van der Waals surface area contributed by atoms with Gasteiger partial charge in [0.2, 0.25) is 0 Å². The first-order chi connectivity index (χ1) is 9.29. The Labute approximate surface area is 126 Å². The highest BCUT2D eigenvalue weighted by molar-refractivity contribution is 7.13. The van der Waals surface area contributed by atoms with Crippen LogP contribution in [0.5, 0.6) is 0 Å². The number of amides is 1. The third-order valence-corrected chi connectivity index (χ3v) is 5.62. The summed E-state index contributed by atoms with van der Waals surface area (Å²) in [5.74, 6) is 0.947. The lowest BCUT2D eigenvalue weighted by Crippen LogP contribution is -2.38. The molecule has 1 aliphatic carbocycles. The van der Waals surface area contributed by atoms with Crippen LogP contribution in [0.4, 0.5) is 0 Å². The van der Waals surface area contributed by atoms with Gasteiger partial charge in [-0.25, -0.2) is 4.98 Å². The number of rotatable bonds is 2. The van der Waals surface area contributed by atoms with Gasteiger partial charge in [0.05, 0.1) is 11.2 Å². The summed E-state index contributed by atoms with van der Waals surface area (Å²) in [6.45, 7) is 8.70. The summed E-state index contributed by atoms with van der Waals surface area (Å²) < 4.78 is 0. The van der Waals surface area contributed by atoms with Crippen molar-refractivity contribution in [2.24, 2.45) is 5.92 Å². The maximum Gasteiger partial charge on any atom is 0.265 e. The molecule has 1 aromatic rings. The molecule has 1 aromatic heterocycles. The summed E-state index contributed by atoms with van der Waals surface area (Å²) in [6, 6.07) is 0.402. The Hall–Kier alpha value is -0.900. The molecule has 0 radical (unpaired) electrons. The first kappa shape index (κ1) is 15.5. The number of nitrogens with zero attached hydrogens (tertiary/aromatic N) is 2. The Kier molecular flexibility index (Phi) is 4.52. The van der Waals surface area contributed by atoms with Gasteiger partial charge in [0.15, 0.2) is 0 Å². The number of hydrogen-bond acceptors (Lipinski definition) is 3. The van der Waals surface area contributed by atoms with Crippen molar-refractivity contribution in [1.82, 2.24) is 9.88 Å². The SMILES string of the molecule is CC1CCC(N(C)C(=O)c2cnc(C(C)(C)C)s2)CC1. The Morgan fingerprint density at radius 3 is 2.40 bits per heavy atom. The van der Waals surface area contributed by atoms with Gasteiger partial charge in [-0.1, -0.05) is 27.7 Å². The van der Waals surface area contributed by atoms with Gasteiger partial charge in [-0.2, -0.15) is 0 Å². The highest BCUT2D eigenvalue weighted by Gasteiger charge is 2.27. The molecule has 0 unspecified atom stereocenters. The van der Waals surface area contributed by atoms with Crippen molar-refractivity contribution < 1.29 is 4.79 Å².